The molecule has 0 aliphatic carbocycles. The number of nitrogens with one attached hydrogen (secondary N) is 1. The number of allylic oxidation sites excluding steroid dienone is 1. The summed E-state index contributed by atoms with van der Waals surface area (Å²) in [4.78, 5) is 22.5. The van der Waals surface area contributed by atoms with E-state index in [0.717, 1.165) is 6.07 Å². The van der Waals surface area contributed by atoms with Gasteiger partial charge in [-0.15, -0.1) is 0 Å². The molecule has 1 amide bonds. The van der Waals surface area contributed by atoms with Crippen LogP contribution in [0.2, 0.25) is 0 Å². The summed E-state index contributed by atoms with van der Waals surface area (Å²) in [5.74, 6) is -1.67. The third-order valence-corrected chi connectivity index (χ3v) is 1.96. The van der Waals surface area contributed by atoms with E-state index in [-0.39, 0.29) is 11.3 Å². The first kappa shape index (κ1) is 12.9. The maximum absolute atomic E-state index is 13.3. The molecule has 5 heteroatoms. The monoisotopic (exact) mass is 237 g/mol. The predicted molar refractivity (Wildman–Crippen MR) is 61.2 cm³/mol. The minimum Gasteiger partial charge on any atom is -0.465 e. The summed E-state index contributed by atoms with van der Waals surface area (Å²) in [6, 6.07) is 3.60. The first-order valence-electron chi connectivity index (χ1n) is 4.90. The normalized spacial score (nSPS) is 10.3. The Hall–Kier alpha value is -2.17. The lowest BCUT2D eigenvalue weighted by molar-refractivity contribution is -0.111. The topological polar surface area (TPSA) is 55.4 Å². The van der Waals surface area contributed by atoms with Crippen molar-refractivity contribution in [3.63, 3.8) is 0 Å². The van der Waals surface area contributed by atoms with E-state index in [2.05, 4.69) is 10.1 Å². The van der Waals surface area contributed by atoms with Gasteiger partial charge >= 0.3 is 5.97 Å². The van der Waals surface area contributed by atoms with Crippen LogP contribution < -0.4 is 5.32 Å². The highest BCUT2D eigenvalue weighted by molar-refractivity contribution is 6.00. The molecule has 90 valence electrons. The van der Waals surface area contributed by atoms with Crippen LogP contribution in [-0.2, 0) is 9.53 Å². The average Bonchev–Trinajstić information content (AvgIpc) is 2.31. The fourth-order valence-corrected chi connectivity index (χ4v) is 1.19. The van der Waals surface area contributed by atoms with Gasteiger partial charge in [-0.2, -0.15) is 0 Å². The van der Waals surface area contributed by atoms with Crippen LogP contribution in [0.25, 0.3) is 0 Å². The maximum atomic E-state index is 13.3. The highest BCUT2D eigenvalue weighted by Gasteiger charge is 2.10. The molecule has 0 spiro atoms. The highest BCUT2D eigenvalue weighted by Crippen LogP contribution is 2.16. The van der Waals surface area contributed by atoms with Crippen molar-refractivity contribution < 1.29 is 18.7 Å². The number of ether oxygens (including phenoxy) is 1. The quantitative estimate of drug-likeness (QED) is 0.647. The van der Waals surface area contributed by atoms with Crippen molar-refractivity contribution in [3.05, 3.63) is 41.7 Å². The van der Waals surface area contributed by atoms with Crippen molar-refractivity contribution >= 4 is 17.6 Å². The summed E-state index contributed by atoms with van der Waals surface area (Å²) in [6.07, 6.45) is 2.78. The molecule has 0 aliphatic heterocycles. The first-order chi connectivity index (χ1) is 8.08. The van der Waals surface area contributed by atoms with Crippen molar-refractivity contribution in [1.82, 2.24) is 0 Å². The van der Waals surface area contributed by atoms with Gasteiger partial charge in [-0.05, 0) is 31.2 Å². The number of hydrogen-bond acceptors (Lipinski definition) is 3. The Bertz CT molecular complexity index is 469. The van der Waals surface area contributed by atoms with Gasteiger partial charge in [0.15, 0.2) is 0 Å². The van der Waals surface area contributed by atoms with Crippen molar-refractivity contribution in [1.29, 1.82) is 0 Å². The van der Waals surface area contributed by atoms with Crippen molar-refractivity contribution in [3.8, 4) is 0 Å². The minimum absolute atomic E-state index is 0.0593. The fraction of sp³-hybridized carbons (Fsp3) is 0.167. The van der Waals surface area contributed by atoms with Crippen LogP contribution in [0.5, 0.6) is 0 Å². The van der Waals surface area contributed by atoms with E-state index in [4.69, 9.17) is 0 Å². The van der Waals surface area contributed by atoms with E-state index in [1.54, 1.807) is 6.92 Å². The predicted octanol–water partition coefficient (Wildman–Crippen LogP) is 2.13. The molecule has 17 heavy (non-hydrogen) atoms. The Morgan fingerprint density at radius 3 is 2.71 bits per heavy atom. The largest absolute Gasteiger partial charge is 0.465 e. The molecule has 0 saturated carbocycles. The molecule has 0 atom stereocenters. The van der Waals surface area contributed by atoms with Crippen LogP contribution in [-0.4, -0.2) is 19.0 Å². The summed E-state index contributed by atoms with van der Waals surface area (Å²) in [5.41, 5.74) is 0.112. The summed E-state index contributed by atoms with van der Waals surface area (Å²) >= 11 is 0. The molecular formula is C12H12FNO3. The van der Waals surface area contributed by atoms with E-state index in [1.165, 1.54) is 31.4 Å². The second-order valence-corrected chi connectivity index (χ2v) is 3.18. The van der Waals surface area contributed by atoms with Gasteiger partial charge in [0.05, 0.1) is 18.4 Å². The molecule has 1 rings (SSSR count). The number of halogens is 1. The van der Waals surface area contributed by atoms with Gasteiger partial charge in [-0.25, -0.2) is 9.18 Å². The Morgan fingerprint density at radius 1 is 1.41 bits per heavy atom. The van der Waals surface area contributed by atoms with Crippen molar-refractivity contribution in [2.45, 2.75) is 6.92 Å². The summed E-state index contributed by atoms with van der Waals surface area (Å²) in [5, 5.41) is 2.32. The van der Waals surface area contributed by atoms with Gasteiger partial charge in [0.2, 0.25) is 5.91 Å². The van der Waals surface area contributed by atoms with Crippen LogP contribution in [0.4, 0.5) is 10.1 Å². The molecular weight excluding hydrogens is 225 g/mol. The minimum atomic E-state index is -0.615. The van der Waals surface area contributed by atoms with E-state index in [1.807, 2.05) is 0 Å². The lowest BCUT2D eigenvalue weighted by Gasteiger charge is -2.06. The summed E-state index contributed by atoms with van der Waals surface area (Å²) < 4.78 is 17.8. The SMILES string of the molecule is CC=CC(=O)Nc1cc(C(=O)OC)ccc1F. The molecule has 0 unspecified atom stereocenters. The van der Waals surface area contributed by atoms with E-state index in [0.29, 0.717) is 0 Å². The van der Waals surface area contributed by atoms with Gasteiger partial charge < -0.3 is 10.1 Å². The standard InChI is InChI=1S/C12H12FNO3/c1-3-4-11(15)14-10-7-8(12(16)17-2)5-6-9(10)13/h3-7H,1-2H3,(H,14,15). The highest BCUT2D eigenvalue weighted by atomic mass is 19.1. The zero-order valence-corrected chi connectivity index (χ0v) is 9.49. The van der Waals surface area contributed by atoms with Gasteiger partial charge in [0, 0.05) is 0 Å². The molecule has 1 aromatic carbocycles. The molecule has 0 saturated heterocycles. The van der Waals surface area contributed by atoms with E-state index < -0.39 is 17.7 Å². The number of carbonyl (C=O) groups is 2. The molecule has 1 aromatic rings. The first-order valence-corrected chi connectivity index (χ1v) is 4.90. The summed E-state index contributed by atoms with van der Waals surface area (Å²) in [6.45, 7) is 1.67. The molecule has 0 bridgehead atoms. The summed E-state index contributed by atoms with van der Waals surface area (Å²) in [7, 11) is 1.23. The zero-order chi connectivity index (χ0) is 12.8. The number of carbonyl (C=O) groups excluding carboxylic acids is 2. The lowest BCUT2D eigenvalue weighted by atomic mass is 10.2. The Kier molecular flexibility index (Phi) is 4.39. The molecule has 0 radical (unpaired) electrons. The molecule has 0 fully saturated rings. The van der Waals surface area contributed by atoms with Crippen molar-refractivity contribution in [2.75, 3.05) is 12.4 Å². The third-order valence-electron chi connectivity index (χ3n) is 1.96. The van der Waals surface area contributed by atoms with Crippen LogP contribution in [0.3, 0.4) is 0 Å². The molecule has 0 aromatic heterocycles. The molecule has 4 nitrogen and oxygen atoms in total. The van der Waals surface area contributed by atoms with Crippen LogP contribution in [0.15, 0.2) is 30.4 Å². The van der Waals surface area contributed by atoms with Gasteiger partial charge in [-0.3, -0.25) is 4.79 Å². The van der Waals surface area contributed by atoms with Gasteiger partial charge in [0.1, 0.15) is 5.82 Å². The van der Waals surface area contributed by atoms with Crippen molar-refractivity contribution in [2.24, 2.45) is 0 Å². The van der Waals surface area contributed by atoms with Crippen LogP contribution in [0.1, 0.15) is 17.3 Å². The number of amides is 1. The maximum Gasteiger partial charge on any atom is 0.337 e. The molecule has 0 heterocycles. The van der Waals surface area contributed by atoms with Crippen LogP contribution in [0, 0.1) is 5.82 Å². The van der Waals surface area contributed by atoms with Gasteiger partial charge in [-0.1, -0.05) is 6.08 Å². The number of esters is 1. The number of rotatable bonds is 3. The number of benzene rings is 1. The Labute approximate surface area is 98.1 Å². The Morgan fingerprint density at radius 2 is 2.12 bits per heavy atom. The zero-order valence-electron chi connectivity index (χ0n) is 9.49. The Balaban J connectivity index is 2.98. The number of methoxy groups -OCH3 is 1. The lowest BCUT2D eigenvalue weighted by Crippen LogP contribution is -2.10. The number of hydrogen-bond donors (Lipinski definition) is 1. The second kappa shape index (κ2) is 5.79. The van der Waals surface area contributed by atoms with Crippen LogP contribution >= 0.6 is 0 Å². The smallest absolute Gasteiger partial charge is 0.337 e. The molecule has 1 N–H and O–H groups in total. The van der Waals surface area contributed by atoms with E-state index >= 15 is 0 Å². The third kappa shape index (κ3) is 3.41. The van der Waals surface area contributed by atoms with E-state index in [9.17, 15) is 14.0 Å². The fourth-order valence-electron chi connectivity index (χ4n) is 1.19. The number of anilines is 1. The van der Waals surface area contributed by atoms with Gasteiger partial charge in [0.25, 0.3) is 0 Å². The average molecular weight is 237 g/mol. The second-order valence-electron chi connectivity index (χ2n) is 3.18. The molecule has 0 aliphatic rings.